The third kappa shape index (κ3) is 2.14. The highest BCUT2D eigenvalue weighted by Gasteiger charge is 2.25. The topological polar surface area (TPSA) is 55.6 Å². The van der Waals surface area contributed by atoms with Crippen molar-refractivity contribution in [2.75, 3.05) is 19.4 Å². The van der Waals surface area contributed by atoms with E-state index >= 15 is 0 Å². The first kappa shape index (κ1) is 13.0. The van der Waals surface area contributed by atoms with Gasteiger partial charge in [-0.25, -0.2) is 0 Å². The molecule has 20 heavy (non-hydrogen) atoms. The quantitative estimate of drug-likeness (QED) is 0.864. The van der Waals surface area contributed by atoms with Gasteiger partial charge in [-0.3, -0.25) is 4.79 Å². The van der Waals surface area contributed by atoms with Gasteiger partial charge in [0.15, 0.2) is 0 Å². The molecule has 0 saturated carbocycles. The molecule has 2 N–H and O–H groups in total. The van der Waals surface area contributed by atoms with E-state index in [1.165, 1.54) is 16.9 Å². The van der Waals surface area contributed by atoms with E-state index in [-0.39, 0.29) is 5.91 Å². The number of hydrogen-bond acceptors (Lipinski definition) is 4. The number of benzene rings is 1. The Bertz CT molecular complexity index is 651. The average Bonchev–Trinajstić information content (AvgIpc) is 2.95. The monoisotopic (exact) mass is 288 g/mol. The summed E-state index contributed by atoms with van der Waals surface area (Å²) in [7, 11) is 1.59. The van der Waals surface area contributed by atoms with Crippen LogP contribution in [0.4, 0.5) is 5.69 Å². The summed E-state index contributed by atoms with van der Waals surface area (Å²) < 4.78 is 5.23. The van der Waals surface area contributed by atoms with E-state index in [2.05, 4.69) is 6.07 Å². The molecule has 5 heteroatoms. The fourth-order valence-corrected chi connectivity index (χ4v) is 3.36. The summed E-state index contributed by atoms with van der Waals surface area (Å²) >= 11 is 1.41. The Morgan fingerprint density at radius 3 is 3.05 bits per heavy atom. The molecule has 1 aromatic heterocycles. The lowest BCUT2D eigenvalue weighted by atomic mass is 9.98. The fourth-order valence-electron chi connectivity index (χ4n) is 2.54. The molecule has 4 nitrogen and oxygen atoms in total. The van der Waals surface area contributed by atoms with Crippen molar-refractivity contribution in [1.29, 1.82) is 0 Å². The van der Waals surface area contributed by atoms with E-state index in [0.717, 1.165) is 24.2 Å². The first-order valence-electron chi connectivity index (χ1n) is 6.47. The first-order valence-corrected chi connectivity index (χ1v) is 7.35. The molecular weight excluding hydrogens is 272 g/mol. The summed E-state index contributed by atoms with van der Waals surface area (Å²) in [4.78, 5) is 15.1. The molecule has 104 valence electrons. The number of nitrogens with zero attached hydrogens (tertiary/aromatic N) is 1. The third-order valence-electron chi connectivity index (χ3n) is 3.64. The summed E-state index contributed by atoms with van der Waals surface area (Å²) in [5.74, 6) is 0.664. The molecule has 0 bridgehead atoms. The van der Waals surface area contributed by atoms with Crippen molar-refractivity contribution in [2.24, 2.45) is 0 Å². The number of ether oxygens (including phenoxy) is 1. The van der Waals surface area contributed by atoms with Gasteiger partial charge in [-0.15, -0.1) is 11.3 Å². The predicted octanol–water partition coefficient (Wildman–Crippen LogP) is 2.54. The van der Waals surface area contributed by atoms with E-state index in [4.69, 9.17) is 10.5 Å². The van der Waals surface area contributed by atoms with Crippen LogP contribution in [0.1, 0.15) is 20.8 Å². The SMILES string of the molecule is COc1ccsc1C(=O)N1CCc2cccc(N)c2C1. The summed E-state index contributed by atoms with van der Waals surface area (Å²) in [6.45, 7) is 1.29. The highest BCUT2D eigenvalue weighted by molar-refractivity contribution is 7.12. The molecule has 1 aliphatic heterocycles. The molecular formula is C15H16N2O2S. The van der Waals surface area contributed by atoms with Crippen molar-refractivity contribution in [2.45, 2.75) is 13.0 Å². The highest BCUT2D eigenvalue weighted by atomic mass is 32.1. The maximum atomic E-state index is 12.6. The summed E-state index contributed by atoms with van der Waals surface area (Å²) in [6, 6.07) is 7.76. The molecule has 0 saturated heterocycles. The van der Waals surface area contributed by atoms with Gasteiger partial charge in [0.2, 0.25) is 0 Å². The largest absolute Gasteiger partial charge is 0.495 e. The van der Waals surface area contributed by atoms with Crippen molar-refractivity contribution >= 4 is 22.9 Å². The van der Waals surface area contributed by atoms with E-state index in [0.29, 0.717) is 17.2 Å². The van der Waals surface area contributed by atoms with Crippen LogP contribution in [0.2, 0.25) is 0 Å². The molecule has 0 fully saturated rings. The molecule has 1 amide bonds. The van der Waals surface area contributed by atoms with Gasteiger partial charge in [0.05, 0.1) is 7.11 Å². The van der Waals surface area contributed by atoms with Crippen molar-refractivity contribution < 1.29 is 9.53 Å². The molecule has 0 aliphatic carbocycles. The Hall–Kier alpha value is -2.01. The number of carbonyl (C=O) groups is 1. The summed E-state index contributed by atoms with van der Waals surface area (Å²) in [5, 5.41) is 1.87. The lowest BCUT2D eigenvalue weighted by Crippen LogP contribution is -2.36. The number of nitrogen functional groups attached to an aromatic ring is 1. The number of fused-ring (bicyclic) bond motifs is 1. The van der Waals surface area contributed by atoms with Gasteiger partial charge < -0.3 is 15.4 Å². The number of carbonyl (C=O) groups excluding carboxylic acids is 1. The number of rotatable bonds is 2. The Balaban J connectivity index is 1.87. The number of methoxy groups -OCH3 is 1. The predicted molar refractivity (Wildman–Crippen MR) is 80.2 cm³/mol. The molecule has 1 aromatic carbocycles. The molecule has 0 unspecified atom stereocenters. The number of nitrogens with two attached hydrogens (primary N) is 1. The zero-order valence-electron chi connectivity index (χ0n) is 11.3. The van der Waals surface area contributed by atoms with Gasteiger partial charge >= 0.3 is 0 Å². The van der Waals surface area contributed by atoms with Gasteiger partial charge in [0, 0.05) is 18.8 Å². The average molecular weight is 288 g/mol. The van der Waals surface area contributed by atoms with Gasteiger partial charge in [-0.2, -0.15) is 0 Å². The van der Waals surface area contributed by atoms with Crippen molar-refractivity contribution in [1.82, 2.24) is 4.90 Å². The number of thiophene rings is 1. The van der Waals surface area contributed by atoms with E-state index in [9.17, 15) is 4.79 Å². The Labute approximate surface area is 121 Å². The molecule has 3 rings (SSSR count). The van der Waals surface area contributed by atoms with Crippen LogP contribution in [0.3, 0.4) is 0 Å². The van der Waals surface area contributed by atoms with Gasteiger partial charge in [-0.1, -0.05) is 12.1 Å². The third-order valence-corrected chi connectivity index (χ3v) is 4.52. The van der Waals surface area contributed by atoms with E-state index < -0.39 is 0 Å². The van der Waals surface area contributed by atoms with Crippen LogP contribution < -0.4 is 10.5 Å². The van der Waals surface area contributed by atoms with Crippen LogP contribution in [0.15, 0.2) is 29.6 Å². The van der Waals surface area contributed by atoms with Crippen molar-refractivity contribution in [3.8, 4) is 5.75 Å². The lowest BCUT2D eigenvalue weighted by Gasteiger charge is -2.29. The zero-order valence-corrected chi connectivity index (χ0v) is 12.1. The van der Waals surface area contributed by atoms with Crippen LogP contribution in [0.5, 0.6) is 5.75 Å². The van der Waals surface area contributed by atoms with Gasteiger partial charge in [-0.05, 0) is 35.1 Å². The van der Waals surface area contributed by atoms with Crippen LogP contribution >= 0.6 is 11.3 Å². The zero-order chi connectivity index (χ0) is 14.1. The second kappa shape index (κ2) is 5.17. The Kier molecular flexibility index (Phi) is 3.36. The van der Waals surface area contributed by atoms with Gasteiger partial charge in [0.1, 0.15) is 10.6 Å². The fraction of sp³-hybridized carbons (Fsp3) is 0.267. The second-order valence-electron chi connectivity index (χ2n) is 4.78. The number of hydrogen-bond donors (Lipinski definition) is 1. The molecule has 2 aromatic rings. The molecule has 0 spiro atoms. The Morgan fingerprint density at radius 2 is 2.25 bits per heavy atom. The van der Waals surface area contributed by atoms with Gasteiger partial charge in [0.25, 0.3) is 5.91 Å². The second-order valence-corrected chi connectivity index (χ2v) is 5.70. The molecule has 0 radical (unpaired) electrons. The maximum Gasteiger partial charge on any atom is 0.268 e. The van der Waals surface area contributed by atoms with E-state index in [1.807, 2.05) is 28.5 Å². The summed E-state index contributed by atoms with van der Waals surface area (Å²) in [6.07, 6.45) is 0.847. The minimum absolute atomic E-state index is 0.0192. The lowest BCUT2D eigenvalue weighted by molar-refractivity contribution is 0.0737. The standard InChI is InChI=1S/C15H16N2O2S/c1-19-13-6-8-20-14(13)15(18)17-7-5-10-3-2-4-12(16)11(10)9-17/h2-4,6,8H,5,7,9,16H2,1H3. The summed E-state index contributed by atoms with van der Waals surface area (Å²) in [5.41, 5.74) is 9.10. The minimum atomic E-state index is 0.0192. The smallest absolute Gasteiger partial charge is 0.268 e. The molecule has 1 aliphatic rings. The normalized spacial score (nSPS) is 13.9. The van der Waals surface area contributed by atoms with Crippen LogP contribution in [0.25, 0.3) is 0 Å². The maximum absolute atomic E-state index is 12.6. The number of amides is 1. The highest BCUT2D eigenvalue weighted by Crippen LogP contribution is 2.30. The molecule has 2 heterocycles. The van der Waals surface area contributed by atoms with Crippen LogP contribution in [-0.4, -0.2) is 24.5 Å². The first-order chi connectivity index (χ1) is 9.70. The minimum Gasteiger partial charge on any atom is -0.495 e. The van der Waals surface area contributed by atoms with Crippen LogP contribution in [-0.2, 0) is 13.0 Å². The van der Waals surface area contributed by atoms with Crippen molar-refractivity contribution in [3.05, 3.63) is 45.6 Å². The number of anilines is 1. The van der Waals surface area contributed by atoms with E-state index in [1.54, 1.807) is 7.11 Å². The van der Waals surface area contributed by atoms with Crippen LogP contribution in [0, 0.1) is 0 Å². The Morgan fingerprint density at radius 1 is 1.40 bits per heavy atom. The molecule has 0 atom stereocenters. The van der Waals surface area contributed by atoms with Crippen molar-refractivity contribution in [3.63, 3.8) is 0 Å².